The molecule has 0 fully saturated rings. The summed E-state index contributed by atoms with van der Waals surface area (Å²) in [7, 11) is -2.74. The van der Waals surface area contributed by atoms with Crippen molar-refractivity contribution in [1.29, 1.82) is 0 Å². The molecule has 3 aromatic carbocycles. The first-order valence-corrected chi connectivity index (χ1v) is 12.3. The Morgan fingerprint density at radius 3 is 2.27 bits per heavy atom. The van der Waals surface area contributed by atoms with Crippen LogP contribution in [0.3, 0.4) is 0 Å². The van der Waals surface area contributed by atoms with Crippen LogP contribution in [0.5, 0.6) is 5.75 Å². The van der Waals surface area contributed by atoms with Crippen molar-refractivity contribution in [3.05, 3.63) is 94.0 Å². The van der Waals surface area contributed by atoms with Crippen molar-refractivity contribution >= 4 is 39.1 Å². The Bertz CT molecular complexity index is 1200. The third kappa shape index (κ3) is 6.48. The minimum atomic E-state index is -4.12. The van der Waals surface area contributed by atoms with Gasteiger partial charge < -0.3 is 10.1 Å². The van der Waals surface area contributed by atoms with Crippen LogP contribution in [0.25, 0.3) is 0 Å². The average molecular weight is 507 g/mol. The second kappa shape index (κ2) is 11.0. The Balaban J connectivity index is 1.89. The molecule has 1 atom stereocenters. The minimum absolute atomic E-state index is 0.00157. The lowest BCUT2D eigenvalue weighted by Gasteiger charge is -2.24. The number of halogens is 2. The van der Waals surface area contributed by atoms with Crippen molar-refractivity contribution in [2.75, 3.05) is 13.7 Å². The molecule has 0 heterocycles. The monoisotopic (exact) mass is 506 g/mol. The number of nitrogens with one attached hydrogen (secondary N) is 1. The SMILES string of the molecule is COc1ccc(Cl)cc1S(=O)(=O)N(CC(=O)N[C@@H](C)c1ccc(Cl)cc1)Cc1ccccc1. The summed E-state index contributed by atoms with van der Waals surface area (Å²) < 4.78 is 33.5. The summed E-state index contributed by atoms with van der Waals surface area (Å²) in [4.78, 5) is 12.8. The van der Waals surface area contributed by atoms with E-state index in [0.29, 0.717) is 5.02 Å². The van der Waals surface area contributed by atoms with Crippen LogP contribution < -0.4 is 10.1 Å². The molecule has 174 valence electrons. The maximum absolute atomic E-state index is 13.6. The Morgan fingerprint density at radius 1 is 1.00 bits per heavy atom. The maximum Gasteiger partial charge on any atom is 0.247 e. The number of hydrogen-bond acceptors (Lipinski definition) is 4. The van der Waals surface area contributed by atoms with Gasteiger partial charge in [0, 0.05) is 16.6 Å². The number of carbonyl (C=O) groups is 1. The van der Waals surface area contributed by atoms with E-state index in [0.717, 1.165) is 15.4 Å². The predicted molar refractivity (Wildman–Crippen MR) is 130 cm³/mol. The molecule has 0 radical (unpaired) electrons. The zero-order chi connectivity index (χ0) is 24.0. The average Bonchev–Trinajstić information content (AvgIpc) is 2.79. The van der Waals surface area contributed by atoms with Gasteiger partial charge in [0.1, 0.15) is 10.6 Å². The van der Waals surface area contributed by atoms with Gasteiger partial charge in [-0.3, -0.25) is 4.79 Å². The van der Waals surface area contributed by atoms with Crippen LogP contribution >= 0.6 is 23.2 Å². The van der Waals surface area contributed by atoms with Gasteiger partial charge in [-0.2, -0.15) is 4.31 Å². The van der Waals surface area contributed by atoms with Crippen molar-refractivity contribution < 1.29 is 17.9 Å². The summed E-state index contributed by atoms with van der Waals surface area (Å²) >= 11 is 12.0. The number of methoxy groups -OCH3 is 1. The zero-order valence-corrected chi connectivity index (χ0v) is 20.5. The second-order valence-corrected chi connectivity index (χ2v) is 10.2. The van der Waals surface area contributed by atoms with Crippen LogP contribution in [-0.4, -0.2) is 32.3 Å². The Kier molecular flexibility index (Phi) is 8.37. The Labute approximate surface area is 204 Å². The molecule has 0 saturated carbocycles. The number of rotatable bonds is 9. The molecule has 9 heteroatoms. The Morgan fingerprint density at radius 2 is 1.64 bits per heavy atom. The molecule has 1 amide bonds. The first-order valence-electron chi connectivity index (χ1n) is 10.1. The van der Waals surface area contributed by atoms with Crippen molar-refractivity contribution in [1.82, 2.24) is 9.62 Å². The van der Waals surface area contributed by atoms with Crippen LogP contribution in [0.2, 0.25) is 10.0 Å². The van der Waals surface area contributed by atoms with E-state index in [1.165, 1.54) is 19.2 Å². The van der Waals surface area contributed by atoms with Gasteiger partial charge in [0.2, 0.25) is 15.9 Å². The molecule has 0 aromatic heterocycles. The molecular formula is C24H24Cl2N2O4S. The van der Waals surface area contributed by atoms with Gasteiger partial charge in [0.25, 0.3) is 0 Å². The molecule has 33 heavy (non-hydrogen) atoms. The molecule has 0 aliphatic heterocycles. The van der Waals surface area contributed by atoms with E-state index < -0.39 is 15.9 Å². The van der Waals surface area contributed by atoms with Gasteiger partial charge in [-0.15, -0.1) is 0 Å². The van der Waals surface area contributed by atoms with Gasteiger partial charge >= 0.3 is 0 Å². The smallest absolute Gasteiger partial charge is 0.247 e. The summed E-state index contributed by atoms with van der Waals surface area (Å²) in [5, 5.41) is 3.69. The summed E-state index contributed by atoms with van der Waals surface area (Å²) in [5.41, 5.74) is 1.59. The van der Waals surface area contributed by atoms with E-state index in [1.54, 1.807) is 30.3 Å². The summed E-state index contributed by atoms with van der Waals surface area (Å²) in [6.07, 6.45) is 0. The van der Waals surface area contributed by atoms with Gasteiger partial charge in [0.15, 0.2) is 0 Å². The number of benzene rings is 3. The number of sulfonamides is 1. The van der Waals surface area contributed by atoms with E-state index in [4.69, 9.17) is 27.9 Å². The van der Waals surface area contributed by atoms with Crippen LogP contribution in [0, 0.1) is 0 Å². The summed E-state index contributed by atoms with van der Waals surface area (Å²) in [6, 6.07) is 20.1. The molecular weight excluding hydrogens is 483 g/mol. The second-order valence-electron chi connectivity index (χ2n) is 7.39. The largest absolute Gasteiger partial charge is 0.495 e. The highest BCUT2D eigenvalue weighted by atomic mass is 35.5. The number of nitrogens with zero attached hydrogens (tertiary/aromatic N) is 1. The third-order valence-corrected chi connectivity index (χ3v) is 7.31. The van der Waals surface area contributed by atoms with Gasteiger partial charge in [-0.25, -0.2) is 8.42 Å². The van der Waals surface area contributed by atoms with Crippen molar-refractivity contribution in [3.8, 4) is 5.75 Å². The molecule has 0 aliphatic carbocycles. The highest BCUT2D eigenvalue weighted by molar-refractivity contribution is 7.89. The molecule has 0 aliphatic rings. The Hall–Kier alpha value is -2.58. The molecule has 3 aromatic rings. The number of hydrogen-bond donors (Lipinski definition) is 1. The molecule has 0 unspecified atom stereocenters. The van der Waals surface area contributed by atoms with Crippen LogP contribution in [0.4, 0.5) is 0 Å². The predicted octanol–water partition coefficient (Wildman–Crippen LogP) is 5.07. The van der Waals surface area contributed by atoms with Crippen LogP contribution in [0.1, 0.15) is 24.1 Å². The highest BCUT2D eigenvalue weighted by Gasteiger charge is 2.30. The van der Waals surface area contributed by atoms with E-state index in [-0.39, 0.29) is 34.8 Å². The van der Waals surface area contributed by atoms with Crippen LogP contribution in [0.15, 0.2) is 77.7 Å². The standard InChI is InChI=1S/C24H24Cl2N2O4S/c1-17(19-8-10-20(25)11-9-19)27-24(29)16-28(15-18-6-4-3-5-7-18)33(30,31)23-14-21(26)12-13-22(23)32-2/h3-14,17H,15-16H2,1-2H3,(H,27,29)/t17-/m0/s1. The fourth-order valence-electron chi connectivity index (χ4n) is 3.29. The quantitative estimate of drug-likeness (QED) is 0.439. The lowest BCUT2D eigenvalue weighted by atomic mass is 10.1. The molecule has 0 spiro atoms. The summed E-state index contributed by atoms with van der Waals surface area (Å²) in [5.74, 6) is -0.301. The first-order chi connectivity index (χ1) is 15.7. The normalized spacial score (nSPS) is 12.4. The van der Waals surface area contributed by atoms with Crippen molar-refractivity contribution in [2.45, 2.75) is 24.4 Å². The highest BCUT2D eigenvalue weighted by Crippen LogP contribution is 2.30. The fraction of sp³-hybridized carbons (Fsp3) is 0.208. The first kappa shape index (κ1) is 25.1. The topological polar surface area (TPSA) is 75.7 Å². The lowest BCUT2D eigenvalue weighted by molar-refractivity contribution is -0.122. The number of amides is 1. The van der Waals surface area contributed by atoms with Crippen molar-refractivity contribution in [3.63, 3.8) is 0 Å². The number of carbonyl (C=O) groups excluding carboxylic acids is 1. The maximum atomic E-state index is 13.6. The van der Waals surface area contributed by atoms with Gasteiger partial charge in [-0.05, 0) is 48.4 Å². The molecule has 0 saturated heterocycles. The minimum Gasteiger partial charge on any atom is -0.495 e. The van der Waals surface area contributed by atoms with E-state index >= 15 is 0 Å². The van der Waals surface area contributed by atoms with Crippen molar-refractivity contribution in [2.24, 2.45) is 0 Å². The third-order valence-electron chi connectivity index (χ3n) is 5.01. The summed E-state index contributed by atoms with van der Waals surface area (Å²) in [6.45, 7) is 1.43. The molecule has 1 N–H and O–H groups in total. The lowest BCUT2D eigenvalue weighted by Crippen LogP contribution is -2.41. The van der Waals surface area contributed by atoms with Crippen LogP contribution in [-0.2, 0) is 21.4 Å². The molecule has 0 bridgehead atoms. The van der Waals surface area contributed by atoms with E-state index in [1.807, 2.05) is 37.3 Å². The zero-order valence-electron chi connectivity index (χ0n) is 18.2. The van der Waals surface area contributed by atoms with E-state index in [2.05, 4.69) is 5.32 Å². The fourth-order valence-corrected chi connectivity index (χ4v) is 5.21. The van der Waals surface area contributed by atoms with E-state index in [9.17, 15) is 13.2 Å². The number of ether oxygens (including phenoxy) is 1. The molecule has 3 rings (SSSR count). The molecule has 6 nitrogen and oxygen atoms in total. The van der Waals surface area contributed by atoms with Gasteiger partial charge in [0.05, 0.1) is 19.7 Å². The van der Waals surface area contributed by atoms with Gasteiger partial charge in [-0.1, -0.05) is 65.7 Å².